The van der Waals surface area contributed by atoms with Crippen molar-refractivity contribution in [1.82, 2.24) is 5.32 Å². The van der Waals surface area contributed by atoms with E-state index < -0.39 is 12.1 Å². The molecule has 2 unspecified atom stereocenters. The molecule has 0 aliphatic carbocycles. The minimum atomic E-state index is -0.664. The summed E-state index contributed by atoms with van der Waals surface area (Å²) in [5, 5.41) is 23.5. The molecule has 0 spiro atoms. The summed E-state index contributed by atoms with van der Waals surface area (Å²) >= 11 is 0. The molecule has 508 valence electrons. The lowest BCUT2D eigenvalue weighted by Gasteiger charge is -2.22. The maximum atomic E-state index is 12.6. The maximum absolute atomic E-state index is 12.6. The third kappa shape index (κ3) is 71.2. The highest BCUT2D eigenvalue weighted by molar-refractivity contribution is 5.76. The summed E-state index contributed by atoms with van der Waals surface area (Å²) in [5.41, 5.74) is 0. The molecule has 0 saturated carbocycles. The number of ether oxygens (including phenoxy) is 1. The fourth-order valence-electron chi connectivity index (χ4n) is 12.4. The Kier molecular flexibility index (Phi) is 73.9. The van der Waals surface area contributed by atoms with Crippen LogP contribution in [0, 0.1) is 0 Å². The molecule has 1 amide bonds. The van der Waals surface area contributed by atoms with Gasteiger partial charge in [-0.05, 0) is 83.5 Å². The Morgan fingerprint density at radius 3 is 0.907 bits per heavy atom. The second-order valence-electron chi connectivity index (χ2n) is 27.0. The molecule has 0 fully saturated rings. The average Bonchev–Trinajstić information content (AvgIpc) is 3.53. The van der Waals surface area contributed by atoms with Crippen molar-refractivity contribution in [2.24, 2.45) is 0 Å². The molecule has 0 bridgehead atoms. The van der Waals surface area contributed by atoms with Gasteiger partial charge in [0.25, 0.3) is 0 Å². The topological polar surface area (TPSA) is 95.9 Å². The minimum Gasteiger partial charge on any atom is -0.466 e. The largest absolute Gasteiger partial charge is 0.466 e. The first-order chi connectivity index (χ1) is 42.5. The van der Waals surface area contributed by atoms with Crippen LogP contribution < -0.4 is 5.32 Å². The first-order valence-corrected chi connectivity index (χ1v) is 39.2. The summed E-state index contributed by atoms with van der Waals surface area (Å²) in [6.07, 6.45) is 98.0. The number of aliphatic hydroxyl groups excluding tert-OH is 2. The number of nitrogens with one attached hydrogen (secondary N) is 1. The molecule has 0 saturated heterocycles. The molecular weight excluding hydrogens is 1050 g/mol. The van der Waals surface area contributed by atoms with Crippen molar-refractivity contribution in [3.63, 3.8) is 0 Å². The zero-order chi connectivity index (χ0) is 62.0. The molecule has 0 heterocycles. The number of allylic oxidation sites excluding steroid dienone is 6. The average molecular weight is 1210 g/mol. The Morgan fingerprint density at radius 1 is 0.326 bits per heavy atom. The molecule has 86 heavy (non-hydrogen) atoms. The SMILES string of the molecule is CCCCCC/C=C\C/C=C\CCCCCCCC(=O)OCCCCCCCCCCCCCC/C=C\CCCCCCCCCCCCCCCCCCC(=O)NC(CO)C(O)CCCCCCCCCCCCCCCCCCCCCCC. The molecule has 0 radical (unpaired) electrons. The zero-order valence-electron chi connectivity index (χ0n) is 58.3. The molecule has 0 aromatic heterocycles. The predicted molar refractivity (Wildman–Crippen MR) is 379 cm³/mol. The molecule has 0 rings (SSSR count). The number of amides is 1. The molecule has 3 N–H and O–H groups in total. The van der Waals surface area contributed by atoms with Gasteiger partial charge in [0.1, 0.15) is 0 Å². The van der Waals surface area contributed by atoms with E-state index >= 15 is 0 Å². The monoisotopic (exact) mass is 1210 g/mol. The Morgan fingerprint density at radius 2 is 0.581 bits per heavy atom. The number of carbonyl (C=O) groups excluding carboxylic acids is 2. The highest BCUT2D eigenvalue weighted by Crippen LogP contribution is 2.20. The van der Waals surface area contributed by atoms with Crippen molar-refractivity contribution in [2.75, 3.05) is 13.2 Å². The summed E-state index contributed by atoms with van der Waals surface area (Å²) < 4.78 is 5.49. The van der Waals surface area contributed by atoms with Gasteiger partial charge in [-0.1, -0.05) is 378 Å². The molecule has 0 aliphatic heterocycles. The number of hydrogen-bond acceptors (Lipinski definition) is 5. The smallest absolute Gasteiger partial charge is 0.305 e. The Labute approximate surface area is 538 Å². The Bertz CT molecular complexity index is 1390. The lowest BCUT2D eigenvalue weighted by Crippen LogP contribution is -2.45. The maximum Gasteiger partial charge on any atom is 0.305 e. The van der Waals surface area contributed by atoms with Gasteiger partial charge in [-0.2, -0.15) is 0 Å². The van der Waals surface area contributed by atoms with Crippen LogP contribution in [-0.2, 0) is 14.3 Å². The van der Waals surface area contributed by atoms with Crippen LogP contribution >= 0.6 is 0 Å². The number of rotatable bonds is 74. The molecule has 6 nitrogen and oxygen atoms in total. The number of esters is 1. The molecule has 2 atom stereocenters. The van der Waals surface area contributed by atoms with Crippen LogP contribution in [0.15, 0.2) is 36.5 Å². The summed E-state index contributed by atoms with van der Waals surface area (Å²) in [5.74, 6) is -0.0222. The highest BCUT2D eigenvalue weighted by atomic mass is 16.5. The summed E-state index contributed by atoms with van der Waals surface area (Å²) in [6.45, 7) is 4.97. The third-order valence-electron chi connectivity index (χ3n) is 18.4. The van der Waals surface area contributed by atoms with E-state index in [2.05, 4.69) is 55.6 Å². The fraction of sp³-hybridized carbons (Fsp3) is 0.900. The molecule has 0 aromatic carbocycles. The van der Waals surface area contributed by atoms with E-state index in [1.54, 1.807) is 0 Å². The normalized spacial score (nSPS) is 12.7. The van der Waals surface area contributed by atoms with Crippen LogP contribution in [0.2, 0.25) is 0 Å². The van der Waals surface area contributed by atoms with Gasteiger partial charge in [0, 0.05) is 12.8 Å². The van der Waals surface area contributed by atoms with E-state index in [1.165, 1.54) is 353 Å². The predicted octanol–water partition coefficient (Wildman–Crippen LogP) is 25.8. The van der Waals surface area contributed by atoms with Crippen LogP contribution in [0.4, 0.5) is 0 Å². The summed E-state index contributed by atoms with van der Waals surface area (Å²) in [7, 11) is 0. The van der Waals surface area contributed by atoms with Crippen molar-refractivity contribution < 1.29 is 24.5 Å². The van der Waals surface area contributed by atoms with Crippen LogP contribution in [0.25, 0.3) is 0 Å². The van der Waals surface area contributed by atoms with Crippen molar-refractivity contribution in [3.05, 3.63) is 36.5 Å². The van der Waals surface area contributed by atoms with Crippen molar-refractivity contribution >= 4 is 11.9 Å². The summed E-state index contributed by atoms with van der Waals surface area (Å²) in [6, 6.07) is -0.541. The first kappa shape index (κ1) is 84.1. The van der Waals surface area contributed by atoms with E-state index in [9.17, 15) is 19.8 Å². The second-order valence-corrected chi connectivity index (χ2v) is 27.0. The Hall–Kier alpha value is -1.92. The standard InChI is InChI=1S/C80H153NO5/c1-3-5-7-9-11-13-15-17-19-21-22-35-38-41-44-48-52-56-60-64-68-72-78(83)77(76-82)81-79(84)73-69-65-61-57-53-49-45-42-39-36-33-31-29-27-25-23-24-26-28-30-32-34-37-40-43-47-51-55-59-63-67-71-75-86-80(85)74-70-66-62-58-54-50-46-20-18-16-14-12-10-8-6-4-2/h14,16,20,26,28,46,77-78,82-83H,3-13,15,17-19,21-25,27,29-45,47-76H2,1-2H3,(H,81,84)/b16-14-,28-26-,46-20-. The second kappa shape index (κ2) is 75.5. The number of carbonyl (C=O) groups is 2. The van der Waals surface area contributed by atoms with Crippen LogP contribution in [0.5, 0.6) is 0 Å². The van der Waals surface area contributed by atoms with E-state index in [-0.39, 0.29) is 18.5 Å². The van der Waals surface area contributed by atoms with Crippen molar-refractivity contribution in [1.29, 1.82) is 0 Å². The lowest BCUT2D eigenvalue weighted by atomic mass is 10.0. The molecule has 6 heteroatoms. The third-order valence-corrected chi connectivity index (χ3v) is 18.4. The highest BCUT2D eigenvalue weighted by Gasteiger charge is 2.20. The van der Waals surface area contributed by atoms with Gasteiger partial charge in [0.15, 0.2) is 0 Å². The quantitative estimate of drug-likeness (QED) is 0.0320. The first-order valence-electron chi connectivity index (χ1n) is 39.2. The number of hydrogen-bond donors (Lipinski definition) is 3. The van der Waals surface area contributed by atoms with E-state index in [4.69, 9.17) is 4.74 Å². The van der Waals surface area contributed by atoms with Gasteiger partial charge in [-0.15, -0.1) is 0 Å². The molecular formula is C80H153NO5. The van der Waals surface area contributed by atoms with Gasteiger partial charge in [-0.3, -0.25) is 9.59 Å². The summed E-state index contributed by atoms with van der Waals surface area (Å²) in [4.78, 5) is 24.7. The fourth-order valence-corrected chi connectivity index (χ4v) is 12.4. The van der Waals surface area contributed by atoms with Gasteiger partial charge in [-0.25, -0.2) is 0 Å². The van der Waals surface area contributed by atoms with Gasteiger partial charge >= 0.3 is 5.97 Å². The van der Waals surface area contributed by atoms with Crippen molar-refractivity contribution in [3.8, 4) is 0 Å². The van der Waals surface area contributed by atoms with E-state index in [0.29, 0.717) is 25.9 Å². The van der Waals surface area contributed by atoms with Crippen LogP contribution in [0.3, 0.4) is 0 Å². The van der Waals surface area contributed by atoms with Crippen LogP contribution in [0.1, 0.15) is 438 Å². The van der Waals surface area contributed by atoms with Gasteiger partial charge < -0.3 is 20.3 Å². The zero-order valence-corrected chi connectivity index (χ0v) is 58.3. The van der Waals surface area contributed by atoms with E-state index in [0.717, 1.165) is 51.4 Å². The Balaban J connectivity index is 3.36. The van der Waals surface area contributed by atoms with Crippen LogP contribution in [-0.4, -0.2) is 47.4 Å². The lowest BCUT2D eigenvalue weighted by molar-refractivity contribution is -0.143. The number of aliphatic hydroxyl groups is 2. The molecule has 0 aliphatic rings. The number of unbranched alkanes of at least 4 members (excludes halogenated alkanes) is 57. The van der Waals surface area contributed by atoms with Gasteiger partial charge in [0.2, 0.25) is 5.91 Å². The minimum absolute atomic E-state index is 0.00541. The van der Waals surface area contributed by atoms with E-state index in [1.807, 2.05) is 0 Å². The molecule has 0 aromatic rings. The van der Waals surface area contributed by atoms with Gasteiger partial charge in [0.05, 0.1) is 25.4 Å². The van der Waals surface area contributed by atoms with Crippen molar-refractivity contribution in [2.45, 2.75) is 450 Å².